The average Bonchev–Trinajstić information content (AvgIpc) is 2.96. The molecule has 2 bridgehead atoms. The molecule has 0 saturated carbocycles. The van der Waals surface area contributed by atoms with Crippen LogP contribution in [0.5, 0.6) is 5.75 Å². The van der Waals surface area contributed by atoms with Crippen LogP contribution in [0.1, 0.15) is 36.1 Å². The Kier molecular flexibility index (Phi) is 7.21. The minimum absolute atomic E-state index is 0.00882. The van der Waals surface area contributed by atoms with Gasteiger partial charge in [0.05, 0.1) is 13.2 Å². The normalized spacial score (nSPS) is 24.1. The van der Waals surface area contributed by atoms with Gasteiger partial charge < -0.3 is 14.2 Å². The van der Waals surface area contributed by atoms with Gasteiger partial charge in [-0.15, -0.1) is 0 Å². The van der Waals surface area contributed by atoms with Crippen molar-refractivity contribution in [2.45, 2.75) is 38.8 Å². The summed E-state index contributed by atoms with van der Waals surface area (Å²) in [5, 5.41) is 2.52. The third-order valence-electron chi connectivity index (χ3n) is 8.53. The van der Waals surface area contributed by atoms with E-state index in [9.17, 15) is 19.2 Å². The minimum Gasteiger partial charge on any atom is -0.494 e. The van der Waals surface area contributed by atoms with Gasteiger partial charge >= 0.3 is 6.03 Å². The van der Waals surface area contributed by atoms with E-state index in [1.807, 2.05) is 72.2 Å². The number of piperidine rings is 1. The van der Waals surface area contributed by atoms with Crippen molar-refractivity contribution >= 4 is 17.8 Å². The number of aromatic nitrogens is 1. The summed E-state index contributed by atoms with van der Waals surface area (Å²) in [6.07, 6.45) is 1.11. The summed E-state index contributed by atoms with van der Waals surface area (Å²) in [7, 11) is 0. The number of hydrogen-bond donors (Lipinski definition) is 1. The van der Waals surface area contributed by atoms with E-state index in [1.165, 1.54) is 4.90 Å². The first-order chi connectivity index (χ1) is 19.9. The number of nitrogens with one attached hydrogen (secondary N) is 1. The van der Waals surface area contributed by atoms with Gasteiger partial charge in [0.25, 0.3) is 5.56 Å². The van der Waals surface area contributed by atoms with Gasteiger partial charge in [0.2, 0.25) is 11.8 Å². The van der Waals surface area contributed by atoms with Crippen LogP contribution in [0.25, 0.3) is 0 Å². The molecule has 9 heteroatoms. The van der Waals surface area contributed by atoms with Crippen LogP contribution < -0.4 is 15.6 Å². The van der Waals surface area contributed by atoms with Crippen LogP contribution in [-0.4, -0.2) is 58.5 Å². The lowest BCUT2D eigenvalue weighted by Crippen LogP contribution is -2.67. The molecule has 2 saturated heterocycles. The van der Waals surface area contributed by atoms with E-state index in [-0.39, 0.29) is 36.9 Å². The fourth-order valence-electron chi connectivity index (χ4n) is 6.72. The Morgan fingerprint density at radius 3 is 2.41 bits per heavy atom. The second kappa shape index (κ2) is 11.0. The second-order valence-electron chi connectivity index (χ2n) is 11.4. The molecule has 1 aromatic heterocycles. The lowest BCUT2D eigenvalue weighted by Gasteiger charge is -2.47. The predicted molar refractivity (Wildman–Crippen MR) is 152 cm³/mol. The molecule has 6 rings (SSSR count). The van der Waals surface area contributed by atoms with E-state index in [2.05, 4.69) is 10.2 Å². The predicted octanol–water partition coefficient (Wildman–Crippen LogP) is 3.17. The van der Waals surface area contributed by atoms with Crippen molar-refractivity contribution in [2.75, 3.05) is 26.2 Å². The van der Waals surface area contributed by atoms with Crippen LogP contribution in [0, 0.1) is 11.3 Å². The zero-order valence-electron chi connectivity index (χ0n) is 23.1. The van der Waals surface area contributed by atoms with E-state index >= 15 is 0 Å². The summed E-state index contributed by atoms with van der Waals surface area (Å²) < 4.78 is 7.45. The van der Waals surface area contributed by atoms with Gasteiger partial charge in [-0.3, -0.25) is 24.6 Å². The number of hydrogen-bond acceptors (Lipinski definition) is 6. The first-order valence-electron chi connectivity index (χ1n) is 14.2. The number of pyridine rings is 1. The number of barbiturate groups is 1. The number of fused-ring (bicyclic) bond motifs is 4. The molecule has 4 amide bonds. The number of carbonyl (C=O) groups is 3. The number of urea groups is 1. The number of benzene rings is 2. The van der Waals surface area contributed by atoms with Crippen LogP contribution >= 0.6 is 0 Å². The average molecular weight is 555 g/mol. The second-order valence-corrected chi connectivity index (χ2v) is 11.4. The summed E-state index contributed by atoms with van der Waals surface area (Å²) >= 11 is 0. The van der Waals surface area contributed by atoms with Gasteiger partial charge in [0, 0.05) is 43.9 Å². The maximum absolute atomic E-state index is 14.4. The maximum Gasteiger partial charge on any atom is 0.331 e. The number of imide groups is 2. The van der Waals surface area contributed by atoms with Gasteiger partial charge in [-0.25, -0.2) is 4.79 Å². The number of ether oxygens (including phenoxy) is 1. The molecule has 3 aromatic rings. The fraction of sp³-hybridized carbons (Fsp3) is 0.375. The van der Waals surface area contributed by atoms with Gasteiger partial charge in [0.1, 0.15) is 11.2 Å². The Labute approximate surface area is 238 Å². The zero-order valence-corrected chi connectivity index (χ0v) is 23.1. The number of amides is 4. The van der Waals surface area contributed by atoms with Crippen LogP contribution in [0.3, 0.4) is 0 Å². The number of carbonyl (C=O) groups excluding carboxylic acids is 3. The quantitative estimate of drug-likeness (QED) is 0.430. The molecular weight excluding hydrogens is 520 g/mol. The van der Waals surface area contributed by atoms with Crippen molar-refractivity contribution in [3.63, 3.8) is 0 Å². The molecule has 0 spiro atoms. The van der Waals surface area contributed by atoms with Gasteiger partial charge in [-0.1, -0.05) is 48.5 Å². The van der Waals surface area contributed by atoms with Gasteiger partial charge in [-0.05, 0) is 55.0 Å². The zero-order chi connectivity index (χ0) is 28.6. The summed E-state index contributed by atoms with van der Waals surface area (Å²) in [5.41, 5.74) is 1.11. The monoisotopic (exact) mass is 554 g/mol. The minimum atomic E-state index is -1.50. The highest BCUT2D eigenvalue weighted by atomic mass is 16.5. The van der Waals surface area contributed by atoms with Crippen molar-refractivity contribution in [3.8, 4) is 5.75 Å². The molecule has 4 heterocycles. The molecule has 41 heavy (non-hydrogen) atoms. The van der Waals surface area contributed by atoms with Crippen LogP contribution in [0.4, 0.5) is 4.79 Å². The van der Waals surface area contributed by atoms with E-state index < -0.39 is 23.3 Å². The van der Waals surface area contributed by atoms with Crippen molar-refractivity contribution in [1.82, 2.24) is 19.7 Å². The molecule has 9 nitrogen and oxygen atoms in total. The Balaban J connectivity index is 1.34. The maximum atomic E-state index is 14.4. The molecule has 1 N–H and O–H groups in total. The van der Waals surface area contributed by atoms with E-state index in [1.54, 1.807) is 12.1 Å². The highest BCUT2D eigenvalue weighted by Crippen LogP contribution is 2.38. The summed E-state index contributed by atoms with van der Waals surface area (Å²) in [5.74, 6) is 0.00757. The Hall–Kier alpha value is -4.24. The Bertz CT molecular complexity index is 1520. The van der Waals surface area contributed by atoms with Crippen molar-refractivity contribution in [1.29, 1.82) is 0 Å². The molecule has 212 valence electrons. The fourth-order valence-corrected chi connectivity index (χ4v) is 6.72. The molecule has 2 fully saturated rings. The van der Waals surface area contributed by atoms with Crippen LogP contribution in [0.2, 0.25) is 0 Å². The molecule has 3 aliphatic rings. The smallest absolute Gasteiger partial charge is 0.331 e. The third-order valence-corrected chi connectivity index (χ3v) is 8.53. The van der Waals surface area contributed by atoms with Crippen LogP contribution in [0.15, 0.2) is 77.6 Å². The van der Waals surface area contributed by atoms with Crippen molar-refractivity contribution in [3.05, 3.63) is 100.0 Å². The van der Waals surface area contributed by atoms with E-state index in [0.717, 1.165) is 23.2 Å². The van der Waals surface area contributed by atoms with E-state index in [4.69, 9.17) is 4.74 Å². The molecule has 0 unspecified atom stereocenters. The first-order valence-corrected chi connectivity index (χ1v) is 14.2. The highest BCUT2D eigenvalue weighted by molar-refractivity contribution is 6.19. The lowest BCUT2D eigenvalue weighted by atomic mass is 9.75. The summed E-state index contributed by atoms with van der Waals surface area (Å²) in [4.78, 5) is 57.0. The largest absolute Gasteiger partial charge is 0.494 e. The molecule has 0 aliphatic carbocycles. The van der Waals surface area contributed by atoms with Crippen molar-refractivity contribution < 1.29 is 19.1 Å². The standard InChI is InChI=1S/C32H34N4O5/c1-2-41-26-13-11-22(12-14-26)16-32(29(38)33-31(40)36(30(32)39)18-23-7-4-3-5-8-23)21-34-17-24-15-25(20-34)27-9-6-10-28(37)35(27)19-24/h3-14,24-25H,2,15-21H2,1H3,(H,33,38,40)/t24-,25+,32-/m1/s1. The molecular formula is C32H34N4O5. The van der Waals surface area contributed by atoms with Crippen LogP contribution in [-0.2, 0) is 29.1 Å². The third kappa shape index (κ3) is 5.17. The topological polar surface area (TPSA) is 101 Å². The molecule has 3 aliphatic heterocycles. The summed E-state index contributed by atoms with van der Waals surface area (Å²) in [6, 6.07) is 21.4. The first kappa shape index (κ1) is 27.0. The number of likely N-dealkylation sites (tertiary alicyclic amines) is 1. The van der Waals surface area contributed by atoms with Gasteiger partial charge in [-0.2, -0.15) is 0 Å². The van der Waals surface area contributed by atoms with Crippen molar-refractivity contribution in [2.24, 2.45) is 11.3 Å². The molecule has 3 atom stereocenters. The number of rotatable bonds is 8. The Morgan fingerprint density at radius 1 is 0.878 bits per heavy atom. The van der Waals surface area contributed by atoms with E-state index in [0.29, 0.717) is 32.0 Å². The highest BCUT2D eigenvalue weighted by Gasteiger charge is 2.55. The lowest BCUT2D eigenvalue weighted by molar-refractivity contribution is -0.154. The van der Waals surface area contributed by atoms with Gasteiger partial charge in [0.15, 0.2) is 0 Å². The number of nitrogens with zero attached hydrogens (tertiary/aromatic N) is 3. The summed E-state index contributed by atoms with van der Waals surface area (Å²) in [6.45, 7) is 4.60. The molecule has 0 radical (unpaired) electrons. The molecule has 2 aromatic carbocycles. The SMILES string of the molecule is CCOc1ccc(C[C@@]2(CN3C[C@H]4C[C@@H](C3)c3cccc(=O)n3C4)C(=O)NC(=O)N(Cc3ccccc3)C2=O)cc1. The Morgan fingerprint density at radius 2 is 1.66 bits per heavy atom.